The lowest BCUT2D eigenvalue weighted by atomic mass is 9.99. The quantitative estimate of drug-likeness (QED) is 0.522. The lowest BCUT2D eigenvalue weighted by molar-refractivity contribution is -0.138. The molecule has 2 rings (SSSR count). The summed E-state index contributed by atoms with van der Waals surface area (Å²) >= 11 is 0. The number of carbonyl (C=O) groups is 2. The highest BCUT2D eigenvalue weighted by Gasteiger charge is 2.34. The Kier molecular flexibility index (Phi) is 4.55. The molecule has 6 heteroatoms. The van der Waals surface area contributed by atoms with E-state index >= 15 is 0 Å². The zero-order valence-electron chi connectivity index (χ0n) is 10.8. The van der Waals surface area contributed by atoms with Gasteiger partial charge in [-0.2, -0.15) is 0 Å². The van der Waals surface area contributed by atoms with Gasteiger partial charge in [-0.05, 0) is 32.2 Å². The number of aliphatic hydroxyl groups excluding tert-OH is 1. The van der Waals surface area contributed by atoms with Gasteiger partial charge in [-0.3, -0.25) is 9.59 Å². The molecule has 4 N–H and O–H groups in total. The highest BCUT2D eigenvalue weighted by molar-refractivity contribution is 5.85. The molecule has 0 unspecified atom stereocenters. The van der Waals surface area contributed by atoms with Gasteiger partial charge in [0.2, 0.25) is 5.91 Å². The third-order valence-corrected chi connectivity index (χ3v) is 3.67. The first kappa shape index (κ1) is 14.0. The minimum absolute atomic E-state index is 0.273. The van der Waals surface area contributed by atoms with E-state index in [-0.39, 0.29) is 18.5 Å². The van der Waals surface area contributed by atoms with Crippen molar-refractivity contribution < 1.29 is 19.8 Å². The third-order valence-electron chi connectivity index (χ3n) is 3.67. The van der Waals surface area contributed by atoms with Crippen LogP contribution in [0.25, 0.3) is 0 Å². The summed E-state index contributed by atoms with van der Waals surface area (Å²) in [5.41, 5.74) is 0.926. The maximum atomic E-state index is 11.9. The molecule has 1 aliphatic heterocycles. The topological polar surface area (TPSA) is 98.7 Å². The van der Waals surface area contributed by atoms with Crippen molar-refractivity contribution in [3.63, 3.8) is 0 Å². The molecule has 1 aliphatic carbocycles. The number of hydrogen-bond donors (Lipinski definition) is 4. The van der Waals surface area contributed by atoms with Crippen LogP contribution in [0.3, 0.4) is 0 Å². The molecule has 0 spiro atoms. The van der Waals surface area contributed by atoms with Crippen LogP contribution in [0, 0.1) is 5.92 Å². The van der Waals surface area contributed by atoms with E-state index in [1.165, 1.54) is 0 Å². The molecule has 0 aromatic carbocycles. The summed E-state index contributed by atoms with van der Waals surface area (Å²) in [5, 5.41) is 24.0. The van der Waals surface area contributed by atoms with Crippen molar-refractivity contribution in [2.75, 3.05) is 13.1 Å². The van der Waals surface area contributed by atoms with Gasteiger partial charge in [0.15, 0.2) is 0 Å². The Morgan fingerprint density at radius 2 is 2.26 bits per heavy atom. The average molecular weight is 268 g/mol. The SMILES string of the molecule is O=C(O)CNC(=O)[C@@H]1C[C@@H](O)C/C1=C\[C@@H]1CCCN1. The minimum atomic E-state index is -1.06. The number of amides is 1. The maximum absolute atomic E-state index is 11.9. The number of carboxylic acid groups (broad SMARTS) is 1. The zero-order valence-corrected chi connectivity index (χ0v) is 10.8. The number of aliphatic carboxylic acids is 1. The largest absolute Gasteiger partial charge is 0.480 e. The first-order valence-corrected chi connectivity index (χ1v) is 6.68. The molecule has 19 heavy (non-hydrogen) atoms. The van der Waals surface area contributed by atoms with Crippen LogP contribution in [0.5, 0.6) is 0 Å². The Morgan fingerprint density at radius 3 is 2.89 bits per heavy atom. The van der Waals surface area contributed by atoms with Crippen molar-refractivity contribution in [2.45, 2.75) is 37.8 Å². The summed E-state index contributed by atoms with van der Waals surface area (Å²) in [5.74, 6) is -1.75. The van der Waals surface area contributed by atoms with E-state index in [0.29, 0.717) is 12.8 Å². The number of carbonyl (C=O) groups excluding carboxylic acids is 1. The molecule has 1 saturated heterocycles. The summed E-state index contributed by atoms with van der Waals surface area (Å²) in [7, 11) is 0. The molecule has 106 valence electrons. The normalized spacial score (nSPS) is 32.7. The second-order valence-electron chi connectivity index (χ2n) is 5.20. The smallest absolute Gasteiger partial charge is 0.322 e. The Hall–Kier alpha value is -1.40. The van der Waals surface area contributed by atoms with Gasteiger partial charge >= 0.3 is 5.97 Å². The van der Waals surface area contributed by atoms with Gasteiger partial charge in [0, 0.05) is 6.04 Å². The zero-order chi connectivity index (χ0) is 13.8. The summed E-state index contributed by atoms with van der Waals surface area (Å²) in [6.07, 6.45) is 4.57. The maximum Gasteiger partial charge on any atom is 0.322 e. The third kappa shape index (κ3) is 3.78. The van der Waals surface area contributed by atoms with Gasteiger partial charge < -0.3 is 20.8 Å². The predicted octanol–water partition coefficient (Wildman–Crippen LogP) is -0.364. The number of hydrogen-bond acceptors (Lipinski definition) is 4. The summed E-state index contributed by atoms with van der Waals surface area (Å²) in [6.45, 7) is 0.604. The van der Waals surface area contributed by atoms with Gasteiger partial charge in [0.1, 0.15) is 6.54 Å². The van der Waals surface area contributed by atoms with E-state index in [1.54, 1.807) is 0 Å². The van der Waals surface area contributed by atoms with E-state index in [1.807, 2.05) is 6.08 Å². The van der Waals surface area contributed by atoms with Crippen LogP contribution < -0.4 is 10.6 Å². The van der Waals surface area contributed by atoms with E-state index < -0.39 is 18.0 Å². The fourth-order valence-corrected chi connectivity index (χ4v) is 2.78. The molecule has 1 saturated carbocycles. The fourth-order valence-electron chi connectivity index (χ4n) is 2.78. The standard InChI is InChI=1S/C13H20N2O4/c16-10-5-8(4-9-2-1-3-14-9)11(6-10)13(19)15-7-12(17)18/h4,9-11,14,16H,1-3,5-7H2,(H,15,19)(H,17,18)/b8-4+/t9-,10-,11+/m0/s1. The van der Waals surface area contributed by atoms with Crippen molar-refractivity contribution in [3.05, 3.63) is 11.6 Å². The van der Waals surface area contributed by atoms with Crippen molar-refractivity contribution in [1.82, 2.24) is 10.6 Å². The number of aliphatic hydroxyl groups is 1. The van der Waals surface area contributed by atoms with Crippen molar-refractivity contribution in [1.29, 1.82) is 0 Å². The van der Waals surface area contributed by atoms with Crippen molar-refractivity contribution in [3.8, 4) is 0 Å². The number of carboxylic acids is 1. The molecular weight excluding hydrogens is 248 g/mol. The Balaban J connectivity index is 1.99. The van der Waals surface area contributed by atoms with Crippen LogP contribution in [0.1, 0.15) is 25.7 Å². The van der Waals surface area contributed by atoms with E-state index in [9.17, 15) is 14.7 Å². The van der Waals surface area contributed by atoms with Crippen LogP contribution >= 0.6 is 0 Å². The first-order chi connectivity index (χ1) is 9.06. The van der Waals surface area contributed by atoms with Crippen molar-refractivity contribution >= 4 is 11.9 Å². The average Bonchev–Trinajstić information content (AvgIpc) is 2.96. The fraction of sp³-hybridized carbons (Fsp3) is 0.692. The summed E-state index contributed by atoms with van der Waals surface area (Å²) in [4.78, 5) is 22.4. The summed E-state index contributed by atoms with van der Waals surface area (Å²) < 4.78 is 0. The molecule has 2 aliphatic rings. The van der Waals surface area contributed by atoms with Crippen LogP contribution in [0.4, 0.5) is 0 Å². The van der Waals surface area contributed by atoms with E-state index in [0.717, 1.165) is 25.0 Å². The Morgan fingerprint density at radius 1 is 1.47 bits per heavy atom. The number of nitrogens with one attached hydrogen (secondary N) is 2. The van der Waals surface area contributed by atoms with Gasteiger partial charge in [0.05, 0.1) is 12.0 Å². The van der Waals surface area contributed by atoms with Gasteiger partial charge in [0.25, 0.3) is 0 Å². The van der Waals surface area contributed by atoms with Gasteiger partial charge in [-0.25, -0.2) is 0 Å². The van der Waals surface area contributed by atoms with Crippen LogP contribution in [0.2, 0.25) is 0 Å². The molecule has 0 aromatic heterocycles. The Labute approximate surface area is 111 Å². The van der Waals surface area contributed by atoms with Crippen LogP contribution in [0.15, 0.2) is 11.6 Å². The Bertz CT molecular complexity index is 388. The molecule has 0 aromatic rings. The van der Waals surface area contributed by atoms with Crippen molar-refractivity contribution in [2.24, 2.45) is 5.92 Å². The predicted molar refractivity (Wildman–Crippen MR) is 68.5 cm³/mol. The molecule has 6 nitrogen and oxygen atoms in total. The lowest BCUT2D eigenvalue weighted by Gasteiger charge is -2.13. The van der Waals surface area contributed by atoms with E-state index in [4.69, 9.17) is 5.11 Å². The molecular formula is C13H20N2O4. The highest BCUT2D eigenvalue weighted by Crippen LogP contribution is 2.32. The second-order valence-corrected chi connectivity index (χ2v) is 5.20. The van der Waals surface area contributed by atoms with Crippen LogP contribution in [-0.2, 0) is 9.59 Å². The molecule has 0 bridgehead atoms. The molecule has 1 amide bonds. The lowest BCUT2D eigenvalue weighted by Crippen LogP contribution is -2.34. The van der Waals surface area contributed by atoms with Gasteiger partial charge in [-0.15, -0.1) is 0 Å². The van der Waals surface area contributed by atoms with Crippen LogP contribution in [-0.4, -0.2) is 47.3 Å². The minimum Gasteiger partial charge on any atom is -0.480 e. The first-order valence-electron chi connectivity index (χ1n) is 6.68. The second kappa shape index (κ2) is 6.16. The molecule has 0 radical (unpaired) electrons. The number of rotatable bonds is 4. The van der Waals surface area contributed by atoms with E-state index in [2.05, 4.69) is 10.6 Å². The van der Waals surface area contributed by atoms with Gasteiger partial charge in [-0.1, -0.05) is 11.6 Å². The monoisotopic (exact) mass is 268 g/mol. The molecule has 3 atom stereocenters. The summed E-state index contributed by atoms with van der Waals surface area (Å²) in [6, 6.07) is 0.273. The molecule has 2 fully saturated rings. The molecule has 1 heterocycles. The highest BCUT2D eigenvalue weighted by atomic mass is 16.4.